The summed E-state index contributed by atoms with van der Waals surface area (Å²) < 4.78 is 9.25. The predicted octanol–water partition coefficient (Wildman–Crippen LogP) is 0.419. The number of hydrogen-bond donors (Lipinski definition) is 0. The van der Waals surface area contributed by atoms with Gasteiger partial charge in [0.25, 0.3) is 0 Å². The molecule has 0 N–H and O–H groups in total. The topological polar surface area (TPSA) is 65.2 Å². The maximum Gasteiger partial charge on any atom is 0.396 e. The minimum Gasteiger partial charge on any atom is -0.462 e. The summed E-state index contributed by atoms with van der Waals surface area (Å²) in [5.41, 5.74) is 0. The van der Waals surface area contributed by atoms with E-state index in [1.54, 1.807) is 0 Å². The molecule has 11 heavy (non-hydrogen) atoms. The standard InChI is InChI=1S/C6H8N2O3/c1-3-4-7-8-5(11-4)6(9)10-2/h3H2,1-2H3. The maximum absolute atomic E-state index is 10.7. The molecule has 5 nitrogen and oxygen atoms in total. The largest absolute Gasteiger partial charge is 0.462 e. The van der Waals surface area contributed by atoms with Gasteiger partial charge in [-0.25, -0.2) is 4.79 Å². The Hall–Kier alpha value is -1.39. The van der Waals surface area contributed by atoms with Crippen LogP contribution in [0, 0.1) is 0 Å². The van der Waals surface area contributed by atoms with Crippen molar-refractivity contribution in [2.75, 3.05) is 7.11 Å². The number of ether oxygens (including phenoxy) is 1. The van der Waals surface area contributed by atoms with E-state index in [1.807, 2.05) is 6.92 Å². The number of rotatable bonds is 2. The van der Waals surface area contributed by atoms with E-state index in [0.717, 1.165) is 0 Å². The molecule has 0 aliphatic rings. The van der Waals surface area contributed by atoms with Gasteiger partial charge in [-0.3, -0.25) is 0 Å². The van der Waals surface area contributed by atoms with Gasteiger partial charge >= 0.3 is 11.9 Å². The molecule has 1 rings (SSSR count). The lowest BCUT2D eigenvalue weighted by atomic mass is 10.5. The third-order valence-electron chi connectivity index (χ3n) is 1.13. The first-order chi connectivity index (χ1) is 5.27. The van der Waals surface area contributed by atoms with Crippen LogP contribution in [-0.2, 0) is 11.2 Å². The molecular weight excluding hydrogens is 148 g/mol. The van der Waals surface area contributed by atoms with Gasteiger partial charge in [-0.1, -0.05) is 6.92 Å². The molecule has 0 spiro atoms. The minimum absolute atomic E-state index is 0.0932. The molecule has 1 aromatic rings. The Morgan fingerprint density at radius 3 is 2.82 bits per heavy atom. The summed E-state index contributed by atoms with van der Waals surface area (Å²) in [4.78, 5) is 10.7. The summed E-state index contributed by atoms with van der Waals surface area (Å²) >= 11 is 0. The highest BCUT2D eigenvalue weighted by Gasteiger charge is 2.13. The van der Waals surface area contributed by atoms with Crippen LogP contribution in [0.25, 0.3) is 0 Å². The molecule has 0 bridgehead atoms. The molecule has 0 atom stereocenters. The van der Waals surface area contributed by atoms with Crippen LogP contribution in [0.15, 0.2) is 4.42 Å². The normalized spacial score (nSPS) is 9.64. The van der Waals surface area contributed by atoms with Gasteiger partial charge < -0.3 is 9.15 Å². The number of carbonyl (C=O) groups excluding carboxylic acids is 1. The Morgan fingerprint density at radius 1 is 1.64 bits per heavy atom. The predicted molar refractivity (Wildman–Crippen MR) is 35.0 cm³/mol. The van der Waals surface area contributed by atoms with Crippen molar-refractivity contribution in [1.29, 1.82) is 0 Å². The van der Waals surface area contributed by atoms with Crippen LogP contribution in [0.4, 0.5) is 0 Å². The Morgan fingerprint density at radius 2 is 2.36 bits per heavy atom. The maximum atomic E-state index is 10.7. The zero-order chi connectivity index (χ0) is 8.27. The number of carbonyl (C=O) groups is 1. The molecule has 0 aliphatic heterocycles. The lowest BCUT2D eigenvalue weighted by molar-refractivity contribution is 0.0554. The molecule has 0 saturated heterocycles. The number of aryl methyl sites for hydroxylation is 1. The lowest BCUT2D eigenvalue weighted by Gasteiger charge is -1.88. The summed E-state index contributed by atoms with van der Waals surface area (Å²) in [6.07, 6.45) is 0.615. The fourth-order valence-electron chi connectivity index (χ4n) is 0.566. The molecule has 1 aromatic heterocycles. The third kappa shape index (κ3) is 1.54. The molecule has 0 radical (unpaired) electrons. The molecule has 0 fully saturated rings. The number of esters is 1. The fourth-order valence-corrected chi connectivity index (χ4v) is 0.566. The Kier molecular flexibility index (Phi) is 2.20. The zero-order valence-corrected chi connectivity index (χ0v) is 6.33. The van der Waals surface area contributed by atoms with Gasteiger partial charge in [-0.05, 0) is 0 Å². The highest BCUT2D eigenvalue weighted by Crippen LogP contribution is 2.00. The second kappa shape index (κ2) is 3.14. The summed E-state index contributed by atoms with van der Waals surface area (Å²) in [6.45, 7) is 1.86. The van der Waals surface area contributed by atoms with Gasteiger partial charge in [-0.2, -0.15) is 0 Å². The van der Waals surface area contributed by atoms with E-state index in [2.05, 4.69) is 14.9 Å². The SMILES string of the molecule is CCc1nnc(C(=O)OC)o1. The van der Waals surface area contributed by atoms with Crippen LogP contribution in [0.3, 0.4) is 0 Å². The molecular formula is C6H8N2O3. The van der Waals surface area contributed by atoms with E-state index < -0.39 is 5.97 Å². The highest BCUT2D eigenvalue weighted by atomic mass is 16.5. The van der Waals surface area contributed by atoms with E-state index >= 15 is 0 Å². The van der Waals surface area contributed by atoms with E-state index in [0.29, 0.717) is 12.3 Å². The van der Waals surface area contributed by atoms with Crippen molar-refractivity contribution in [2.24, 2.45) is 0 Å². The van der Waals surface area contributed by atoms with Gasteiger partial charge in [0.15, 0.2) is 0 Å². The zero-order valence-electron chi connectivity index (χ0n) is 6.33. The summed E-state index contributed by atoms with van der Waals surface area (Å²) in [6, 6.07) is 0. The van der Waals surface area contributed by atoms with Crippen molar-refractivity contribution in [3.63, 3.8) is 0 Å². The van der Waals surface area contributed by atoms with Gasteiger partial charge in [0.1, 0.15) is 0 Å². The van der Waals surface area contributed by atoms with Crippen molar-refractivity contribution in [3.8, 4) is 0 Å². The molecule has 60 valence electrons. The van der Waals surface area contributed by atoms with Crippen LogP contribution in [0.2, 0.25) is 0 Å². The molecule has 1 heterocycles. The van der Waals surface area contributed by atoms with Crippen molar-refractivity contribution >= 4 is 5.97 Å². The fraction of sp³-hybridized carbons (Fsp3) is 0.500. The molecule has 5 heteroatoms. The number of aromatic nitrogens is 2. The van der Waals surface area contributed by atoms with Crippen LogP contribution in [0.5, 0.6) is 0 Å². The molecule has 0 saturated carbocycles. The average Bonchev–Trinajstić information content (AvgIpc) is 2.50. The van der Waals surface area contributed by atoms with Crippen LogP contribution < -0.4 is 0 Å². The number of nitrogens with zero attached hydrogens (tertiary/aromatic N) is 2. The van der Waals surface area contributed by atoms with E-state index in [4.69, 9.17) is 4.42 Å². The van der Waals surface area contributed by atoms with E-state index in [1.165, 1.54) is 7.11 Å². The van der Waals surface area contributed by atoms with Gasteiger partial charge in [0.05, 0.1) is 7.11 Å². The first kappa shape index (κ1) is 7.71. The smallest absolute Gasteiger partial charge is 0.396 e. The van der Waals surface area contributed by atoms with Crippen molar-refractivity contribution < 1.29 is 13.9 Å². The molecule has 0 amide bonds. The highest BCUT2D eigenvalue weighted by molar-refractivity contribution is 5.83. The number of hydrogen-bond acceptors (Lipinski definition) is 5. The molecule has 0 aliphatic carbocycles. The monoisotopic (exact) mass is 156 g/mol. The average molecular weight is 156 g/mol. The minimum atomic E-state index is -0.600. The third-order valence-corrected chi connectivity index (χ3v) is 1.13. The Balaban J connectivity index is 2.80. The second-order valence-electron chi connectivity index (χ2n) is 1.85. The Bertz CT molecular complexity index is 256. The quantitative estimate of drug-likeness (QED) is 0.580. The van der Waals surface area contributed by atoms with Crippen LogP contribution in [0.1, 0.15) is 23.5 Å². The first-order valence-corrected chi connectivity index (χ1v) is 3.18. The van der Waals surface area contributed by atoms with Crippen molar-refractivity contribution in [2.45, 2.75) is 13.3 Å². The van der Waals surface area contributed by atoms with Crippen molar-refractivity contribution in [3.05, 3.63) is 11.8 Å². The van der Waals surface area contributed by atoms with E-state index in [-0.39, 0.29) is 5.89 Å². The van der Waals surface area contributed by atoms with Gasteiger partial charge in [-0.15, -0.1) is 10.2 Å². The number of methoxy groups -OCH3 is 1. The summed E-state index contributed by atoms with van der Waals surface area (Å²) in [7, 11) is 1.26. The van der Waals surface area contributed by atoms with Gasteiger partial charge in [0.2, 0.25) is 5.89 Å². The lowest BCUT2D eigenvalue weighted by Crippen LogP contribution is -2.00. The summed E-state index contributed by atoms with van der Waals surface area (Å²) in [5, 5.41) is 7.05. The van der Waals surface area contributed by atoms with Crippen molar-refractivity contribution in [1.82, 2.24) is 10.2 Å². The second-order valence-corrected chi connectivity index (χ2v) is 1.85. The van der Waals surface area contributed by atoms with Crippen LogP contribution >= 0.6 is 0 Å². The molecule has 0 aromatic carbocycles. The van der Waals surface area contributed by atoms with Crippen LogP contribution in [-0.4, -0.2) is 23.3 Å². The Labute approximate surface area is 63.4 Å². The van der Waals surface area contributed by atoms with Gasteiger partial charge in [0, 0.05) is 6.42 Å². The molecule has 0 unspecified atom stereocenters. The summed E-state index contributed by atoms with van der Waals surface area (Å²) in [5.74, 6) is -0.257. The van der Waals surface area contributed by atoms with E-state index in [9.17, 15) is 4.79 Å². The first-order valence-electron chi connectivity index (χ1n) is 3.18.